The molecule has 1 unspecified atom stereocenters. The number of alkyl halides is 1. The Balaban J connectivity index is 3.33. The molecule has 7 heavy (non-hydrogen) atoms. The summed E-state index contributed by atoms with van der Waals surface area (Å²) in [5.41, 5.74) is 0. The van der Waals surface area contributed by atoms with Crippen LogP contribution in [0.5, 0.6) is 0 Å². The number of hydrogen-bond acceptors (Lipinski definition) is 2. The Hall–Kier alpha value is -0.600. The zero-order valence-corrected chi connectivity index (χ0v) is 4.56. The maximum atomic E-state index is 11.9. The highest BCUT2D eigenvalue weighted by atomic mass is 19.1. The van der Waals surface area contributed by atoms with E-state index in [-0.39, 0.29) is 0 Å². The zero-order chi connectivity index (χ0) is 5.86. The average Bonchev–Trinajstić information content (AvgIpc) is 1.65. The summed E-state index contributed by atoms with van der Waals surface area (Å²) in [4.78, 5) is 0. The Morgan fingerprint density at radius 1 is 1.86 bits per heavy atom. The zero-order valence-electron chi connectivity index (χ0n) is 4.56. The quantitative estimate of drug-likeness (QED) is 0.288. The predicted octanol–water partition coefficient (Wildman–Crippen LogP) is 0.849. The van der Waals surface area contributed by atoms with E-state index < -0.39 is 6.30 Å². The maximum Gasteiger partial charge on any atom is 0.184 e. The van der Waals surface area contributed by atoms with Gasteiger partial charge >= 0.3 is 0 Å². The van der Waals surface area contributed by atoms with Gasteiger partial charge in [0.05, 0.1) is 0 Å². The van der Waals surface area contributed by atoms with Crippen LogP contribution in [0.3, 0.4) is 0 Å². The second kappa shape index (κ2) is 2.55. The lowest BCUT2D eigenvalue weighted by Crippen LogP contribution is -2.17. The van der Waals surface area contributed by atoms with Crippen molar-refractivity contribution in [2.24, 2.45) is 5.10 Å². The fraction of sp³-hybridized carbons (Fsp3) is 0.750. The summed E-state index contributed by atoms with van der Waals surface area (Å²) in [5, 5.41) is 4.44. The highest BCUT2D eigenvalue weighted by molar-refractivity contribution is 5.22. The second-order valence-electron chi connectivity index (χ2n) is 1.29. The van der Waals surface area contributed by atoms with Crippen molar-refractivity contribution < 1.29 is 4.39 Å². The first-order valence-corrected chi connectivity index (χ1v) is 2.02. The van der Waals surface area contributed by atoms with Crippen LogP contribution in [-0.4, -0.2) is 25.1 Å². The summed E-state index contributed by atoms with van der Waals surface area (Å²) >= 11 is 0. The van der Waals surface area contributed by atoms with Crippen molar-refractivity contribution in [1.82, 2.24) is 5.01 Å². The van der Waals surface area contributed by atoms with Gasteiger partial charge in [0.1, 0.15) is 0 Å². The van der Waals surface area contributed by atoms with Gasteiger partial charge in [0.2, 0.25) is 0 Å². The van der Waals surface area contributed by atoms with Crippen molar-refractivity contribution in [3.8, 4) is 0 Å². The third-order valence-electron chi connectivity index (χ3n) is 0.738. The summed E-state index contributed by atoms with van der Waals surface area (Å²) in [5.74, 6) is 0. The summed E-state index contributed by atoms with van der Waals surface area (Å²) in [6, 6.07) is 0. The molecule has 0 aromatic heterocycles. The van der Waals surface area contributed by atoms with E-state index in [0.717, 1.165) is 5.01 Å². The molecule has 0 saturated heterocycles. The van der Waals surface area contributed by atoms with Gasteiger partial charge in [-0.25, -0.2) is 4.39 Å². The van der Waals surface area contributed by atoms with Crippen molar-refractivity contribution in [3.63, 3.8) is 0 Å². The molecule has 0 N–H and O–H groups in total. The molecule has 2 nitrogen and oxygen atoms in total. The Labute approximate surface area is 42.6 Å². The lowest BCUT2D eigenvalue weighted by molar-refractivity contribution is 0.134. The molecule has 0 bridgehead atoms. The van der Waals surface area contributed by atoms with Crippen molar-refractivity contribution in [3.05, 3.63) is 0 Å². The summed E-state index contributed by atoms with van der Waals surface area (Å²) in [7, 11) is 1.53. The van der Waals surface area contributed by atoms with Crippen LogP contribution in [-0.2, 0) is 0 Å². The minimum atomic E-state index is -1.03. The van der Waals surface area contributed by atoms with Crippen LogP contribution in [0.25, 0.3) is 0 Å². The molecule has 0 aliphatic carbocycles. The van der Waals surface area contributed by atoms with Crippen LogP contribution >= 0.6 is 0 Å². The van der Waals surface area contributed by atoms with Gasteiger partial charge in [0.15, 0.2) is 6.30 Å². The van der Waals surface area contributed by atoms with Gasteiger partial charge in [0.25, 0.3) is 0 Å². The predicted molar refractivity (Wildman–Crippen MR) is 27.9 cm³/mol. The molecule has 0 fully saturated rings. The van der Waals surface area contributed by atoms with Crippen LogP contribution in [0.15, 0.2) is 5.10 Å². The lowest BCUT2D eigenvalue weighted by Gasteiger charge is -2.11. The van der Waals surface area contributed by atoms with Crippen molar-refractivity contribution in [2.45, 2.75) is 13.2 Å². The van der Waals surface area contributed by atoms with Crippen molar-refractivity contribution in [2.75, 3.05) is 7.05 Å². The Bertz CT molecular complexity index is 62.7. The smallest absolute Gasteiger partial charge is 0.184 e. The van der Waals surface area contributed by atoms with E-state index in [9.17, 15) is 4.39 Å². The van der Waals surface area contributed by atoms with Gasteiger partial charge < -0.3 is 0 Å². The Morgan fingerprint density at radius 2 is 2.29 bits per heavy atom. The summed E-state index contributed by atoms with van der Waals surface area (Å²) in [6.07, 6.45) is -1.03. The van der Waals surface area contributed by atoms with Gasteiger partial charge in [-0.15, -0.1) is 0 Å². The third-order valence-corrected chi connectivity index (χ3v) is 0.738. The van der Waals surface area contributed by atoms with E-state index in [1.165, 1.54) is 14.0 Å². The molecule has 0 aromatic rings. The SMILES string of the molecule is C=NN(C)C(C)F. The van der Waals surface area contributed by atoms with Crippen LogP contribution in [0.1, 0.15) is 6.92 Å². The van der Waals surface area contributed by atoms with Crippen LogP contribution in [0.4, 0.5) is 4.39 Å². The largest absolute Gasteiger partial charge is 0.268 e. The highest BCUT2D eigenvalue weighted by Gasteiger charge is 1.98. The number of hydrogen-bond donors (Lipinski definition) is 0. The topological polar surface area (TPSA) is 15.6 Å². The standard InChI is InChI=1S/C4H9FN2/c1-4(5)7(3)6-2/h4H,2H2,1,3H3. The molecule has 42 valence electrons. The second-order valence-corrected chi connectivity index (χ2v) is 1.29. The highest BCUT2D eigenvalue weighted by Crippen LogP contribution is 1.93. The summed E-state index contributed by atoms with van der Waals surface area (Å²) < 4.78 is 11.9. The van der Waals surface area contributed by atoms with Crippen molar-refractivity contribution >= 4 is 6.72 Å². The Kier molecular flexibility index (Phi) is 2.33. The molecule has 0 aliphatic heterocycles. The maximum absolute atomic E-state index is 11.9. The number of halogens is 1. The molecule has 0 saturated carbocycles. The first-order chi connectivity index (χ1) is 3.18. The Morgan fingerprint density at radius 3 is 2.29 bits per heavy atom. The minimum Gasteiger partial charge on any atom is -0.268 e. The normalized spacial score (nSPS) is 13.0. The third kappa shape index (κ3) is 2.14. The molecule has 0 spiro atoms. The van der Waals surface area contributed by atoms with E-state index in [0.29, 0.717) is 0 Å². The summed E-state index contributed by atoms with van der Waals surface area (Å²) in [6.45, 7) is 4.52. The molecular weight excluding hydrogens is 95.1 g/mol. The lowest BCUT2D eigenvalue weighted by atomic mass is 10.7. The fourth-order valence-corrected chi connectivity index (χ4v) is 0.113. The molecule has 0 radical (unpaired) electrons. The molecule has 0 amide bonds. The number of hydrazone groups is 1. The first-order valence-electron chi connectivity index (χ1n) is 2.02. The van der Waals surface area contributed by atoms with Gasteiger partial charge in [-0.05, 0) is 6.92 Å². The van der Waals surface area contributed by atoms with Crippen LogP contribution in [0, 0.1) is 0 Å². The fourth-order valence-electron chi connectivity index (χ4n) is 0.113. The molecule has 0 aliphatic rings. The molecule has 1 atom stereocenters. The molecule has 3 heteroatoms. The van der Waals surface area contributed by atoms with Crippen LogP contribution in [0.2, 0.25) is 0 Å². The molecule has 0 heterocycles. The van der Waals surface area contributed by atoms with Gasteiger partial charge in [-0.2, -0.15) is 5.10 Å². The average molecular weight is 104 g/mol. The van der Waals surface area contributed by atoms with Gasteiger partial charge in [-0.1, -0.05) is 0 Å². The van der Waals surface area contributed by atoms with Gasteiger partial charge in [-0.3, -0.25) is 5.01 Å². The molecule has 0 aromatic carbocycles. The van der Waals surface area contributed by atoms with Crippen molar-refractivity contribution in [1.29, 1.82) is 0 Å². The van der Waals surface area contributed by atoms with E-state index in [2.05, 4.69) is 11.8 Å². The van der Waals surface area contributed by atoms with E-state index >= 15 is 0 Å². The number of rotatable bonds is 2. The monoisotopic (exact) mass is 104 g/mol. The van der Waals surface area contributed by atoms with Crippen LogP contribution < -0.4 is 0 Å². The first kappa shape index (κ1) is 6.40. The molecular formula is C4H9FN2. The van der Waals surface area contributed by atoms with E-state index in [1.54, 1.807) is 0 Å². The van der Waals surface area contributed by atoms with E-state index in [1.807, 2.05) is 0 Å². The molecule has 0 rings (SSSR count). The number of nitrogens with zero attached hydrogens (tertiary/aromatic N) is 2. The minimum absolute atomic E-state index is 1.03. The van der Waals surface area contributed by atoms with E-state index in [4.69, 9.17) is 0 Å². The van der Waals surface area contributed by atoms with Gasteiger partial charge in [0, 0.05) is 13.8 Å².